The van der Waals surface area contributed by atoms with Crippen molar-refractivity contribution >= 4 is 5.91 Å². The van der Waals surface area contributed by atoms with Gasteiger partial charge >= 0.3 is 0 Å². The molecule has 0 saturated carbocycles. The highest BCUT2D eigenvalue weighted by Gasteiger charge is 2.20. The van der Waals surface area contributed by atoms with E-state index in [2.05, 4.69) is 0 Å². The van der Waals surface area contributed by atoms with Gasteiger partial charge < -0.3 is 14.7 Å². The molecule has 2 heterocycles. The van der Waals surface area contributed by atoms with Crippen LogP contribution in [0.1, 0.15) is 38.3 Å². The molecule has 0 unspecified atom stereocenters. The fraction of sp³-hybridized carbons (Fsp3) is 0.625. The van der Waals surface area contributed by atoms with Gasteiger partial charge in [0.2, 0.25) is 11.4 Å². The van der Waals surface area contributed by atoms with E-state index in [1.165, 1.54) is 12.8 Å². The summed E-state index contributed by atoms with van der Waals surface area (Å²) in [5, 5.41) is 9.92. The summed E-state index contributed by atoms with van der Waals surface area (Å²) in [6, 6.07) is 1.60. The molecule has 1 aromatic rings. The van der Waals surface area contributed by atoms with Crippen LogP contribution in [0, 0.1) is 6.92 Å². The number of nitrogens with zero attached hydrogens (tertiary/aromatic N) is 2. The van der Waals surface area contributed by atoms with Crippen molar-refractivity contribution in [3.05, 3.63) is 18.0 Å². The zero-order valence-corrected chi connectivity index (χ0v) is 13.0. The average molecular weight is 293 g/mol. The van der Waals surface area contributed by atoms with E-state index in [1.54, 1.807) is 6.07 Å². The highest BCUT2D eigenvalue weighted by Crippen LogP contribution is 2.26. The molecule has 1 fully saturated rings. The van der Waals surface area contributed by atoms with Crippen LogP contribution in [0.25, 0.3) is 0 Å². The summed E-state index contributed by atoms with van der Waals surface area (Å²) in [5.41, 5.74) is 0.834. The number of aromatic nitrogens is 1. The summed E-state index contributed by atoms with van der Waals surface area (Å²) >= 11 is 0. The van der Waals surface area contributed by atoms with Gasteiger partial charge in [-0.05, 0) is 19.8 Å². The van der Waals surface area contributed by atoms with Crippen molar-refractivity contribution in [1.29, 1.82) is 0 Å². The van der Waals surface area contributed by atoms with E-state index in [-0.39, 0.29) is 18.3 Å². The van der Waals surface area contributed by atoms with E-state index in [1.807, 2.05) is 29.5 Å². The topological polar surface area (TPSA) is 53.7 Å². The Hall–Kier alpha value is -1.78. The molecular weight excluding hydrogens is 268 g/mol. The Morgan fingerprint density at radius 3 is 2.62 bits per heavy atom. The molecule has 0 spiro atoms. The molecule has 0 radical (unpaired) electrons. The average Bonchev–Trinajstić information content (AvgIpc) is 2.76. The zero-order chi connectivity index (χ0) is 15.2. The van der Waals surface area contributed by atoms with Crippen molar-refractivity contribution in [1.82, 2.24) is 4.90 Å². The van der Waals surface area contributed by atoms with Crippen molar-refractivity contribution < 1.29 is 19.2 Å². The van der Waals surface area contributed by atoms with E-state index in [0.29, 0.717) is 5.75 Å². The number of amides is 1. The number of carbonyl (C=O) groups is 1. The first-order valence-electron chi connectivity index (χ1n) is 7.76. The number of likely N-dealkylation sites (tertiary alicyclic amines) is 1. The predicted molar refractivity (Wildman–Crippen MR) is 79.3 cm³/mol. The van der Waals surface area contributed by atoms with Crippen molar-refractivity contribution in [2.45, 2.75) is 46.1 Å². The summed E-state index contributed by atoms with van der Waals surface area (Å²) < 4.78 is 7.58. The zero-order valence-electron chi connectivity index (χ0n) is 13.0. The molecule has 21 heavy (non-hydrogen) atoms. The number of hydrogen-bond donors (Lipinski definition) is 1. The maximum atomic E-state index is 12.2. The quantitative estimate of drug-likeness (QED) is 0.861. The minimum atomic E-state index is -0.0118. The van der Waals surface area contributed by atoms with Crippen molar-refractivity contribution in [3.8, 4) is 11.5 Å². The van der Waals surface area contributed by atoms with Gasteiger partial charge in [0, 0.05) is 26.1 Å². The highest BCUT2D eigenvalue weighted by atomic mass is 16.5. The third-order valence-corrected chi connectivity index (χ3v) is 4.04. The number of rotatable bonds is 4. The molecule has 1 aliphatic heterocycles. The fourth-order valence-electron chi connectivity index (χ4n) is 2.73. The molecule has 0 aliphatic carbocycles. The van der Waals surface area contributed by atoms with E-state index in [9.17, 15) is 9.90 Å². The maximum absolute atomic E-state index is 12.2. The number of aryl methyl sites for hydroxylation is 1. The number of carbonyl (C=O) groups excluding carboxylic acids is 1. The van der Waals surface area contributed by atoms with Gasteiger partial charge in [0.05, 0.1) is 0 Å². The van der Waals surface area contributed by atoms with E-state index in [4.69, 9.17) is 4.74 Å². The Bertz CT molecular complexity index is 495. The number of aromatic hydroxyl groups is 1. The van der Waals surface area contributed by atoms with Crippen LogP contribution in [-0.2, 0) is 11.3 Å². The Kier molecular flexibility index (Phi) is 5.42. The highest BCUT2D eigenvalue weighted by molar-refractivity contribution is 5.77. The third kappa shape index (κ3) is 3.86. The first-order chi connectivity index (χ1) is 10.1. The third-order valence-electron chi connectivity index (χ3n) is 4.04. The van der Waals surface area contributed by atoms with Crippen LogP contribution < -0.4 is 9.30 Å². The van der Waals surface area contributed by atoms with Crippen LogP contribution in [0.2, 0.25) is 0 Å². The molecule has 5 nitrogen and oxygen atoms in total. The van der Waals surface area contributed by atoms with Crippen LogP contribution in [0.15, 0.2) is 12.3 Å². The standard InChI is InChI=1S/C16H24N2O3/c1-3-17-11-8-14(19)16(13(17)2)21-12-15(20)18-9-6-4-5-7-10-18/h8,11H,3-7,9-10,12H2,1-2H3/p+1. The molecule has 1 saturated heterocycles. The Labute approximate surface area is 126 Å². The molecule has 0 bridgehead atoms. The molecule has 1 N–H and O–H groups in total. The minimum absolute atomic E-state index is 0.00241. The van der Waals surface area contributed by atoms with Crippen LogP contribution in [0.5, 0.6) is 11.5 Å². The van der Waals surface area contributed by atoms with Crippen LogP contribution in [0.3, 0.4) is 0 Å². The second-order valence-corrected chi connectivity index (χ2v) is 5.49. The number of pyridine rings is 1. The first kappa shape index (κ1) is 15.6. The van der Waals surface area contributed by atoms with Gasteiger partial charge in [0.1, 0.15) is 6.54 Å². The van der Waals surface area contributed by atoms with E-state index in [0.717, 1.165) is 38.2 Å². The second-order valence-electron chi connectivity index (χ2n) is 5.49. The summed E-state index contributed by atoms with van der Waals surface area (Å²) in [4.78, 5) is 14.1. The van der Waals surface area contributed by atoms with Crippen LogP contribution in [-0.4, -0.2) is 35.6 Å². The molecule has 1 amide bonds. The van der Waals surface area contributed by atoms with E-state index >= 15 is 0 Å². The smallest absolute Gasteiger partial charge is 0.260 e. The van der Waals surface area contributed by atoms with Crippen LogP contribution in [0.4, 0.5) is 0 Å². The molecule has 0 aromatic carbocycles. The van der Waals surface area contributed by atoms with Gasteiger partial charge in [-0.25, -0.2) is 0 Å². The molecule has 116 valence electrons. The number of ether oxygens (including phenoxy) is 1. The van der Waals surface area contributed by atoms with Crippen molar-refractivity contribution in [3.63, 3.8) is 0 Å². The lowest BCUT2D eigenvalue weighted by atomic mass is 10.2. The SMILES string of the molecule is CC[n+]1ccc(O)c(OCC(=O)N2CCCCCC2)c1C. The van der Waals surface area contributed by atoms with Crippen molar-refractivity contribution in [2.75, 3.05) is 19.7 Å². The Balaban J connectivity index is 2.00. The largest absolute Gasteiger partial charge is 0.504 e. The van der Waals surface area contributed by atoms with Crippen LogP contribution >= 0.6 is 0 Å². The summed E-state index contributed by atoms with van der Waals surface area (Å²) in [5.74, 6) is 0.492. The lowest BCUT2D eigenvalue weighted by Gasteiger charge is -2.20. The van der Waals surface area contributed by atoms with Gasteiger partial charge in [-0.1, -0.05) is 12.8 Å². The normalized spacial score (nSPS) is 15.6. The summed E-state index contributed by atoms with van der Waals surface area (Å²) in [7, 11) is 0. The predicted octanol–water partition coefficient (Wildman–Crippen LogP) is 1.79. The van der Waals surface area contributed by atoms with Gasteiger partial charge in [-0.2, -0.15) is 4.57 Å². The maximum Gasteiger partial charge on any atom is 0.260 e. The fourth-order valence-corrected chi connectivity index (χ4v) is 2.73. The minimum Gasteiger partial charge on any atom is -0.504 e. The number of hydrogen-bond acceptors (Lipinski definition) is 3. The first-order valence-corrected chi connectivity index (χ1v) is 7.76. The molecule has 1 aromatic heterocycles. The van der Waals surface area contributed by atoms with Gasteiger partial charge in [0.15, 0.2) is 18.6 Å². The summed E-state index contributed by atoms with van der Waals surface area (Å²) in [6.45, 7) is 6.32. The van der Waals surface area contributed by atoms with Gasteiger partial charge in [0.25, 0.3) is 5.91 Å². The second kappa shape index (κ2) is 7.29. The molecule has 0 atom stereocenters. The monoisotopic (exact) mass is 293 g/mol. The molecular formula is C16H25N2O3+. The Morgan fingerprint density at radius 1 is 1.33 bits per heavy atom. The lowest BCUT2D eigenvalue weighted by molar-refractivity contribution is -0.699. The summed E-state index contributed by atoms with van der Waals surface area (Å²) in [6.07, 6.45) is 6.34. The van der Waals surface area contributed by atoms with E-state index < -0.39 is 0 Å². The van der Waals surface area contributed by atoms with Gasteiger partial charge in [-0.15, -0.1) is 0 Å². The molecule has 2 rings (SSSR count). The van der Waals surface area contributed by atoms with Crippen molar-refractivity contribution in [2.24, 2.45) is 0 Å². The molecule has 1 aliphatic rings. The Morgan fingerprint density at radius 2 is 2.00 bits per heavy atom. The molecule has 5 heteroatoms. The van der Waals surface area contributed by atoms with Gasteiger partial charge in [-0.3, -0.25) is 4.79 Å². The lowest BCUT2D eigenvalue weighted by Crippen LogP contribution is -2.37.